The summed E-state index contributed by atoms with van der Waals surface area (Å²) in [6.07, 6.45) is 86.2. The molecule has 6 heteroatoms. The van der Waals surface area contributed by atoms with Crippen molar-refractivity contribution in [3.63, 3.8) is 0 Å². The molecule has 6 nitrogen and oxygen atoms in total. The van der Waals surface area contributed by atoms with Crippen LogP contribution in [0.4, 0.5) is 0 Å². The van der Waals surface area contributed by atoms with Crippen molar-refractivity contribution in [2.24, 2.45) is 0 Å². The Morgan fingerprint density at radius 1 is 0.359 bits per heavy atom. The van der Waals surface area contributed by atoms with Gasteiger partial charge in [-0.3, -0.25) is 9.59 Å². The van der Waals surface area contributed by atoms with E-state index in [9.17, 15) is 19.8 Å². The van der Waals surface area contributed by atoms with Crippen molar-refractivity contribution >= 4 is 11.9 Å². The lowest BCUT2D eigenvalue weighted by atomic mass is 10.0. The Labute approximate surface area is 487 Å². The van der Waals surface area contributed by atoms with Gasteiger partial charge in [-0.2, -0.15) is 0 Å². The van der Waals surface area contributed by atoms with Gasteiger partial charge in [0.05, 0.1) is 25.4 Å². The number of allylic oxidation sites excluding steroid dienone is 6. The van der Waals surface area contributed by atoms with Crippen LogP contribution in [0, 0.1) is 0 Å². The zero-order valence-electron chi connectivity index (χ0n) is 52.7. The van der Waals surface area contributed by atoms with E-state index >= 15 is 0 Å². The summed E-state index contributed by atoms with van der Waals surface area (Å²) < 4.78 is 5.49. The minimum Gasteiger partial charge on any atom is -0.466 e. The quantitative estimate of drug-likeness (QED) is 0.0320. The summed E-state index contributed by atoms with van der Waals surface area (Å²) in [4.78, 5) is 24.6. The molecule has 0 aromatic heterocycles. The van der Waals surface area contributed by atoms with E-state index in [1.54, 1.807) is 0 Å². The number of carbonyl (C=O) groups excluding carboxylic acids is 2. The summed E-state index contributed by atoms with van der Waals surface area (Å²) in [7, 11) is 0. The average molecular weight is 1100 g/mol. The third-order valence-electron chi connectivity index (χ3n) is 16.4. The third kappa shape index (κ3) is 63.3. The minimum atomic E-state index is -0.665. The van der Waals surface area contributed by atoms with Crippen molar-refractivity contribution in [2.45, 2.75) is 398 Å². The van der Waals surface area contributed by atoms with Crippen LogP contribution in [0.3, 0.4) is 0 Å². The molecular weight excluding hydrogens is 959 g/mol. The Morgan fingerprint density at radius 2 is 0.641 bits per heavy atom. The zero-order chi connectivity index (χ0) is 56.4. The van der Waals surface area contributed by atoms with Crippen LogP contribution in [0.25, 0.3) is 0 Å². The highest BCUT2D eigenvalue weighted by Gasteiger charge is 2.20. The van der Waals surface area contributed by atoms with Gasteiger partial charge in [-0.15, -0.1) is 0 Å². The number of esters is 1. The monoisotopic (exact) mass is 1100 g/mol. The molecule has 2 unspecified atom stereocenters. The van der Waals surface area contributed by atoms with Crippen LogP contribution in [-0.4, -0.2) is 47.4 Å². The van der Waals surface area contributed by atoms with Gasteiger partial charge in [0.25, 0.3) is 0 Å². The molecule has 460 valence electrons. The fourth-order valence-corrected chi connectivity index (χ4v) is 11.0. The van der Waals surface area contributed by atoms with Crippen LogP contribution < -0.4 is 5.32 Å². The fourth-order valence-electron chi connectivity index (χ4n) is 11.0. The second kappa shape index (κ2) is 67.6. The summed E-state index contributed by atoms with van der Waals surface area (Å²) in [6, 6.07) is -0.543. The van der Waals surface area contributed by atoms with Crippen molar-refractivity contribution < 1.29 is 24.5 Å². The maximum atomic E-state index is 12.5. The SMILES string of the molecule is CCCCCCCCC/C=C\CCCCCCCC(=O)OCCCCCCCCCCC/C=C\C/C=C\CCCCCCCCCCCCCCCC(=O)NC(CO)C(O)CCCCCCCCCCCCCCCCCC. The summed E-state index contributed by atoms with van der Waals surface area (Å²) in [5, 5.41) is 23.3. The predicted molar refractivity (Wildman–Crippen MR) is 343 cm³/mol. The van der Waals surface area contributed by atoms with Gasteiger partial charge in [0.15, 0.2) is 0 Å². The lowest BCUT2D eigenvalue weighted by Crippen LogP contribution is -2.45. The molecule has 0 bridgehead atoms. The molecule has 0 radical (unpaired) electrons. The van der Waals surface area contributed by atoms with Crippen LogP contribution >= 0.6 is 0 Å². The summed E-state index contributed by atoms with van der Waals surface area (Å²) in [5.74, 6) is -0.0283. The highest BCUT2D eigenvalue weighted by Crippen LogP contribution is 2.18. The number of nitrogens with one attached hydrogen (secondary N) is 1. The maximum absolute atomic E-state index is 12.5. The largest absolute Gasteiger partial charge is 0.466 e. The number of aliphatic hydroxyl groups is 2. The normalized spacial score (nSPS) is 12.7. The Balaban J connectivity index is 3.40. The van der Waals surface area contributed by atoms with Gasteiger partial charge in [0, 0.05) is 12.8 Å². The summed E-state index contributed by atoms with van der Waals surface area (Å²) >= 11 is 0. The maximum Gasteiger partial charge on any atom is 0.305 e. The number of aliphatic hydroxyl groups excluding tert-OH is 2. The van der Waals surface area contributed by atoms with Crippen molar-refractivity contribution in [3.8, 4) is 0 Å². The van der Waals surface area contributed by atoms with Crippen LogP contribution in [0.15, 0.2) is 36.5 Å². The molecule has 3 N–H and O–H groups in total. The first kappa shape index (κ1) is 76.1. The molecule has 0 fully saturated rings. The van der Waals surface area contributed by atoms with Gasteiger partial charge < -0.3 is 20.3 Å². The Hall–Kier alpha value is -1.92. The van der Waals surface area contributed by atoms with Gasteiger partial charge in [0.1, 0.15) is 0 Å². The van der Waals surface area contributed by atoms with Gasteiger partial charge in [-0.05, 0) is 83.5 Å². The predicted octanol–water partition coefficient (Wildman–Crippen LogP) is 22.7. The van der Waals surface area contributed by atoms with E-state index in [4.69, 9.17) is 4.74 Å². The van der Waals surface area contributed by atoms with Crippen LogP contribution in [0.1, 0.15) is 386 Å². The first-order valence-electron chi connectivity index (χ1n) is 35.2. The molecule has 2 atom stereocenters. The molecule has 0 aromatic carbocycles. The van der Waals surface area contributed by atoms with Gasteiger partial charge >= 0.3 is 5.97 Å². The molecule has 78 heavy (non-hydrogen) atoms. The number of rotatable bonds is 66. The Bertz CT molecular complexity index is 1260. The highest BCUT2D eigenvalue weighted by atomic mass is 16.5. The van der Waals surface area contributed by atoms with Crippen molar-refractivity contribution in [1.29, 1.82) is 0 Å². The standard InChI is InChI=1S/C72H137NO5/c1-3-5-7-9-11-13-15-17-19-36-40-44-48-52-56-60-64-70(75)69(68-74)73-71(76)65-61-57-53-49-45-41-37-34-32-30-28-26-24-22-21-23-25-27-29-31-33-35-39-43-47-51-55-59-63-67-78-72(77)66-62-58-54-50-46-42-38-20-18-16-14-12-10-8-6-4-2/h20-21,23,27,29,38,69-70,74-75H,3-19,22,24-26,28,30-37,39-68H2,1-2H3,(H,73,76)/b23-21-,29-27-,38-20-. The van der Waals surface area contributed by atoms with E-state index in [1.807, 2.05) is 0 Å². The molecule has 0 aliphatic rings. The van der Waals surface area contributed by atoms with E-state index in [0.717, 1.165) is 51.4 Å². The van der Waals surface area contributed by atoms with Crippen molar-refractivity contribution in [1.82, 2.24) is 5.32 Å². The number of unbranched alkanes of at least 4 members (excludes halogenated alkanes) is 49. The molecule has 0 rings (SSSR count). The summed E-state index contributed by atoms with van der Waals surface area (Å²) in [6.45, 7) is 4.97. The smallest absolute Gasteiger partial charge is 0.305 e. The number of amides is 1. The molecular formula is C72H137NO5. The Kier molecular flexibility index (Phi) is 65.9. The average Bonchev–Trinajstić information content (AvgIpc) is 3.44. The van der Waals surface area contributed by atoms with E-state index in [2.05, 4.69) is 55.6 Å². The summed E-state index contributed by atoms with van der Waals surface area (Å²) in [5.41, 5.74) is 0. The first-order valence-corrected chi connectivity index (χ1v) is 35.2. The van der Waals surface area contributed by atoms with Crippen LogP contribution in [0.2, 0.25) is 0 Å². The molecule has 1 amide bonds. The molecule has 0 spiro atoms. The molecule has 0 saturated carbocycles. The minimum absolute atomic E-state index is 0.00505. The van der Waals surface area contributed by atoms with Crippen LogP contribution in [0.5, 0.6) is 0 Å². The van der Waals surface area contributed by atoms with Gasteiger partial charge in [-0.25, -0.2) is 0 Å². The second-order valence-electron chi connectivity index (χ2n) is 24.2. The number of carbonyl (C=O) groups is 2. The molecule has 0 heterocycles. The number of ether oxygens (including phenoxy) is 1. The zero-order valence-corrected chi connectivity index (χ0v) is 52.7. The third-order valence-corrected chi connectivity index (χ3v) is 16.4. The molecule has 0 aliphatic carbocycles. The van der Waals surface area contributed by atoms with E-state index < -0.39 is 12.1 Å². The molecule has 0 aliphatic heterocycles. The lowest BCUT2D eigenvalue weighted by molar-refractivity contribution is -0.143. The van der Waals surface area contributed by atoms with E-state index in [1.165, 1.54) is 302 Å². The lowest BCUT2D eigenvalue weighted by Gasteiger charge is -2.22. The van der Waals surface area contributed by atoms with E-state index in [0.29, 0.717) is 25.9 Å². The van der Waals surface area contributed by atoms with Crippen molar-refractivity contribution in [2.75, 3.05) is 13.2 Å². The molecule has 0 saturated heterocycles. The number of hydrogen-bond donors (Lipinski definition) is 3. The van der Waals surface area contributed by atoms with Crippen molar-refractivity contribution in [3.05, 3.63) is 36.5 Å². The highest BCUT2D eigenvalue weighted by molar-refractivity contribution is 5.76. The topological polar surface area (TPSA) is 95.9 Å². The first-order chi connectivity index (χ1) is 38.5. The number of hydrogen-bond acceptors (Lipinski definition) is 5. The van der Waals surface area contributed by atoms with E-state index in [-0.39, 0.29) is 18.5 Å². The fraction of sp³-hybridized carbons (Fsp3) is 0.889. The molecule has 0 aromatic rings. The van der Waals surface area contributed by atoms with Crippen LogP contribution in [-0.2, 0) is 14.3 Å². The Morgan fingerprint density at radius 3 is 0.987 bits per heavy atom. The van der Waals surface area contributed by atoms with Gasteiger partial charge in [-0.1, -0.05) is 326 Å². The second-order valence-corrected chi connectivity index (χ2v) is 24.2. The van der Waals surface area contributed by atoms with Gasteiger partial charge in [0.2, 0.25) is 5.91 Å².